The Labute approximate surface area is 152 Å². The number of hydrogen-bond acceptors (Lipinski definition) is 2. The number of carbonyl (C=O) groups is 1. The molecular weight excluding hydrogens is 315 g/mol. The second-order valence-electron chi connectivity index (χ2n) is 7.02. The predicted octanol–water partition coefficient (Wildman–Crippen LogP) is 6.04. The van der Waals surface area contributed by atoms with Gasteiger partial charge in [-0.3, -0.25) is 4.79 Å². The van der Waals surface area contributed by atoms with Crippen LogP contribution in [0, 0.1) is 0 Å². The molecule has 2 nitrogen and oxygen atoms in total. The molecule has 0 bridgehead atoms. The number of allylic oxidation sites excluding steroid dienone is 2. The van der Waals surface area contributed by atoms with Crippen molar-refractivity contribution in [3.05, 3.63) is 11.8 Å². The molecule has 0 aromatic carbocycles. The summed E-state index contributed by atoms with van der Waals surface area (Å²) in [5, 5.41) is 9.98. The zero-order valence-corrected chi connectivity index (χ0v) is 18.2. The molecule has 0 radical (unpaired) electrons. The number of carbonyl (C=O) groups excluding carboxylic acids is 1. The minimum absolute atomic E-state index is 0.187. The quantitative estimate of drug-likeness (QED) is 0.229. The lowest BCUT2D eigenvalue weighted by molar-refractivity contribution is -0.301. The topological polar surface area (TPSA) is 40.1 Å². The van der Waals surface area contributed by atoms with Gasteiger partial charge in [0.15, 0.2) is 5.78 Å². The fourth-order valence-electron chi connectivity index (χ4n) is 2.93. The molecule has 144 valence electrons. The lowest BCUT2D eigenvalue weighted by Gasteiger charge is -2.28. The third kappa shape index (κ3) is 16.5. The van der Waals surface area contributed by atoms with Gasteiger partial charge in [0.05, 0.1) is 24.6 Å². The zero-order chi connectivity index (χ0) is 18.8. The summed E-state index contributed by atoms with van der Waals surface area (Å²) in [7, 11) is -0.562. The minimum Gasteiger partial charge on any atom is -0.876 e. The normalized spacial score (nSPS) is 11.8. The van der Waals surface area contributed by atoms with E-state index >= 15 is 0 Å². The molecule has 0 N–H and O–H groups in total. The summed E-state index contributed by atoms with van der Waals surface area (Å²) < 4.78 is 0. The Morgan fingerprint density at radius 1 is 0.750 bits per heavy atom. The predicted molar refractivity (Wildman–Crippen MR) is 110 cm³/mol. The van der Waals surface area contributed by atoms with E-state index in [-0.39, 0.29) is 11.5 Å². The van der Waals surface area contributed by atoms with E-state index in [1.54, 1.807) is 24.6 Å². The van der Waals surface area contributed by atoms with Gasteiger partial charge in [-0.15, -0.1) is 5.76 Å². The lowest BCUT2D eigenvalue weighted by atomic mass is 10.4. The number of unbranched alkanes of at least 4 members (excludes halogenated alkanes) is 4. The molecular formula is C21H43O2P. The van der Waals surface area contributed by atoms with Crippen LogP contribution in [0.3, 0.4) is 0 Å². The van der Waals surface area contributed by atoms with E-state index in [4.69, 9.17) is 0 Å². The standard InChI is InChI=1S/C16H36P.C5H8O2/c1-5-9-13-17(14-10-6-2,15-11-7-3)16-12-8-4;1-4(6)3-5(2)7/h5-16H2,1-4H3;3,6H,1-2H3/q+1;/p-1/b;4-3-. The second kappa shape index (κ2) is 17.5. The Morgan fingerprint density at radius 2 is 1.04 bits per heavy atom. The molecule has 0 saturated heterocycles. The number of rotatable bonds is 13. The third-order valence-corrected chi connectivity index (χ3v) is 9.41. The van der Waals surface area contributed by atoms with Crippen LogP contribution in [0.25, 0.3) is 0 Å². The Kier molecular flexibility index (Phi) is 18.8. The summed E-state index contributed by atoms with van der Waals surface area (Å²) in [5.74, 6) is -0.375. The summed E-state index contributed by atoms with van der Waals surface area (Å²) in [6.07, 6.45) is 19.0. The van der Waals surface area contributed by atoms with Gasteiger partial charge in [-0.1, -0.05) is 60.3 Å². The highest BCUT2D eigenvalue weighted by Crippen LogP contribution is 2.61. The first kappa shape index (κ1) is 25.9. The minimum atomic E-state index is -0.562. The van der Waals surface area contributed by atoms with Crippen molar-refractivity contribution in [3.8, 4) is 0 Å². The molecule has 0 rings (SSSR count). The number of ketones is 1. The smallest absolute Gasteiger partial charge is 0.151 e. The van der Waals surface area contributed by atoms with E-state index < -0.39 is 7.26 Å². The molecule has 3 heteroatoms. The largest absolute Gasteiger partial charge is 0.876 e. The Hall–Kier alpha value is -0.360. The summed E-state index contributed by atoms with van der Waals surface area (Å²) in [5.41, 5.74) is 0. The van der Waals surface area contributed by atoms with Crippen molar-refractivity contribution in [2.75, 3.05) is 24.6 Å². The van der Waals surface area contributed by atoms with Crippen LogP contribution in [0.5, 0.6) is 0 Å². The molecule has 0 amide bonds. The van der Waals surface area contributed by atoms with Crippen LogP contribution in [-0.4, -0.2) is 30.4 Å². The maximum Gasteiger partial charge on any atom is 0.151 e. The molecule has 24 heavy (non-hydrogen) atoms. The van der Waals surface area contributed by atoms with E-state index in [2.05, 4.69) is 27.7 Å². The third-order valence-electron chi connectivity index (χ3n) is 4.35. The molecule has 0 aliphatic carbocycles. The first-order valence-electron chi connectivity index (χ1n) is 10.1. The van der Waals surface area contributed by atoms with Gasteiger partial charge >= 0.3 is 0 Å². The van der Waals surface area contributed by atoms with Crippen LogP contribution in [0.15, 0.2) is 11.8 Å². The van der Waals surface area contributed by atoms with E-state index in [0.717, 1.165) is 6.08 Å². The van der Waals surface area contributed by atoms with Gasteiger partial charge in [-0.25, -0.2) is 0 Å². The highest BCUT2D eigenvalue weighted by molar-refractivity contribution is 7.75. The first-order chi connectivity index (χ1) is 11.4. The molecule has 0 aliphatic heterocycles. The molecule has 0 aromatic heterocycles. The SMILES string of the molecule is CC(=O)/C=C(/C)[O-].CCCC[P+](CCCC)(CCCC)CCCC. The lowest BCUT2D eigenvalue weighted by Crippen LogP contribution is -2.12. The average Bonchev–Trinajstić information content (AvgIpc) is 2.53. The molecule has 0 fully saturated rings. The summed E-state index contributed by atoms with van der Waals surface area (Å²) >= 11 is 0. The molecule has 0 atom stereocenters. The van der Waals surface area contributed by atoms with E-state index in [9.17, 15) is 9.90 Å². The van der Waals surface area contributed by atoms with Crippen molar-refractivity contribution in [1.82, 2.24) is 0 Å². The van der Waals surface area contributed by atoms with Crippen LogP contribution < -0.4 is 5.11 Å². The monoisotopic (exact) mass is 358 g/mol. The maximum absolute atomic E-state index is 9.98. The van der Waals surface area contributed by atoms with Gasteiger partial charge in [0.25, 0.3) is 0 Å². The maximum atomic E-state index is 9.98. The van der Waals surface area contributed by atoms with Crippen LogP contribution in [0.4, 0.5) is 0 Å². The summed E-state index contributed by atoms with van der Waals surface area (Å²) in [4.78, 5) is 9.98. The van der Waals surface area contributed by atoms with Crippen molar-refractivity contribution < 1.29 is 9.90 Å². The van der Waals surface area contributed by atoms with Crippen molar-refractivity contribution in [3.63, 3.8) is 0 Å². The van der Waals surface area contributed by atoms with Crippen LogP contribution >= 0.6 is 7.26 Å². The summed E-state index contributed by atoms with van der Waals surface area (Å²) in [6.45, 7) is 12.1. The second-order valence-corrected chi connectivity index (χ2v) is 11.5. The summed E-state index contributed by atoms with van der Waals surface area (Å²) in [6, 6.07) is 0. The Morgan fingerprint density at radius 3 is 1.17 bits per heavy atom. The molecule has 0 aromatic rings. The highest BCUT2D eigenvalue weighted by Gasteiger charge is 2.34. The van der Waals surface area contributed by atoms with Crippen molar-refractivity contribution in [2.24, 2.45) is 0 Å². The van der Waals surface area contributed by atoms with Crippen LogP contribution in [0.1, 0.15) is 92.9 Å². The van der Waals surface area contributed by atoms with Crippen LogP contribution in [0.2, 0.25) is 0 Å². The molecule has 0 aliphatic rings. The van der Waals surface area contributed by atoms with Gasteiger partial charge in [0.2, 0.25) is 0 Å². The molecule has 0 unspecified atom stereocenters. The molecule has 0 spiro atoms. The van der Waals surface area contributed by atoms with Gasteiger partial charge in [-0.2, -0.15) is 0 Å². The fourth-order valence-corrected chi connectivity index (χ4v) is 8.22. The van der Waals surface area contributed by atoms with Crippen LogP contribution in [-0.2, 0) is 4.79 Å². The average molecular weight is 359 g/mol. The fraction of sp³-hybridized carbons (Fsp3) is 0.857. The van der Waals surface area contributed by atoms with E-state index in [1.807, 2.05) is 0 Å². The zero-order valence-electron chi connectivity index (χ0n) is 17.3. The van der Waals surface area contributed by atoms with Crippen molar-refractivity contribution >= 4 is 13.0 Å². The van der Waals surface area contributed by atoms with Gasteiger partial charge in [-0.05, 0) is 38.7 Å². The number of hydrogen-bond donors (Lipinski definition) is 0. The van der Waals surface area contributed by atoms with Gasteiger partial charge in [0, 0.05) is 7.26 Å². The van der Waals surface area contributed by atoms with E-state index in [0.29, 0.717) is 0 Å². The van der Waals surface area contributed by atoms with E-state index in [1.165, 1.54) is 65.2 Å². The van der Waals surface area contributed by atoms with Crippen molar-refractivity contribution in [1.29, 1.82) is 0 Å². The highest BCUT2D eigenvalue weighted by atomic mass is 31.2. The van der Waals surface area contributed by atoms with Gasteiger partial charge < -0.3 is 5.11 Å². The first-order valence-corrected chi connectivity index (χ1v) is 12.6. The van der Waals surface area contributed by atoms with Gasteiger partial charge in [0.1, 0.15) is 0 Å². The molecule has 0 heterocycles. The van der Waals surface area contributed by atoms with Crippen molar-refractivity contribution in [2.45, 2.75) is 92.9 Å². The molecule has 0 saturated carbocycles. The Balaban J connectivity index is 0. The Bertz CT molecular complexity index is 282.